The van der Waals surface area contributed by atoms with Gasteiger partial charge < -0.3 is 0 Å². The molecule has 1 aliphatic carbocycles. The van der Waals surface area contributed by atoms with Crippen LogP contribution in [0.2, 0.25) is 0 Å². The van der Waals surface area contributed by atoms with E-state index in [-0.39, 0.29) is 5.41 Å². The highest BCUT2D eigenvalue weighted by Gasteiger charge is 2.35. The van der Waals surface area contributed by atoms with Gasteiger partial charge in [-0.3, -0.25) is 4.57 Å². The summed E-state index contributed by atoms with van der Waals surface area (Å²) in [7, 11) is 0. The molecule has 0 radical (unpaired) electrons. The summed E-state index contributed by atoms with van der Waals surface area (Å²) in [5.41, 5.74) is 6.68. The molecule has 4 nitrogen and oxygen atoms in total. The van der Waals surface area contributed by atoms with Gasteiger partial charge in [-0.05, 0) is 72.4 Å². The standard InChI is InChI=1S/C46H30N4/c1-46(2)35-20-10-18-33-31-16-8-9-17-32(31)34-19-11-21-37-40(34)42-38(25-24-36(46)41(42)39(33)35)50(37)45-48-43(28-13-4-3-5-14-28)47-44(49-45)30-23-22-27-12-6-7-15-29(27)26-30/h3-26H,1-2H3. The van der Waals surface area contributed by atoms with Crippen LogP contribution in [0.5, 0.6) is 0 Å². The van der Waals surface area contributed by atoms with Crippen molar-refractivity contribution < 1.29 is 0 Å². The first-order valence-corrected chi connectivity index (χ1v) is 17.2. The molecule has 0 spiro atoms. The Kier molecular flexibility index (Phi) is 5.42. The first-order valence-electron chi connectivity index (χ1n) is 17.2. The molecule has 2 aromatic heterocycles. The number of nitrogens with zero attached hydrogens (tertiary/aromatic N) is 4. The van der Waals surface area contributed by atoms with Gasteiger partial charge in [-0.15, -0.1) is 0 Å². The second-order valence-corrected chi connectivity index (χ2v) is 14.0. The molecule has 1 aliphatic rings. The molecule has 0 saturated carbocycles. The zero-order valence-corrected chi connectivity index (χ0v) is 27.6. The summed E-state index contributed by atoms with van der Waals surface area (Å²) in [6.45, 7) is 4.73. The third kappa shape index (κ3) is 3.62. The average Bonchev–Trinajstić information content (AvgIpc) is 3.63. The van der Waals surface area contributed by atoms with Crippen molar-refractivity contribution in [3.05, 3.63) is 157 Å². The molecule has 0 fully saturated rings. The number of fused-ring (bicyclic) bond motifs is 4. The fraction of sp³-hybridized carbons (Fsp3) is 0.0652. The minimum absolute atomic E-state index is 0.144. The van der Waals surface area contributed by atoms with E-state index < -0.39 is 0 Å². The number of benzene rings is 7. The van der Waals surface area contributed by atoms with E-state index in [1.165, 1.54) is 59.6 Å². The predicted octanol–water partition coefficient (Wildman–Crippen LogP) is 11.6. The highest BCUT2D eigenvalue weighted by Crippen LogP contribution is 2.53. The van der Waals surface area contributed by atoms with Crippen LogP contribution in [0.1, 0.15) is 25.0 Å². The van der Waals surface area contributed by atoms with E-state index in [0.717, 1.165) is 27.5 Å². The number of hydrogen-bond acceptors (Lipinski definition) is 3. The number of rotatable bonds is 3. The molecule has 10 aromatic rings. The summed E-state index contributed by atoms with van der Waals surface area (Å²) in [6, 6.07) is 52.2. The van der Waals surface area contributed by atoms with Crippen LogP contribution in [0, 0.1) is 0 Å². The van der Waals surface area contributed by atoms with Gasteiger partial charge in [-0.25, -0.2) is 4.98 Å². The molecule has 0 saturated heterocycles. The Bertz CT molecular complexity index is 3060. The van der Waals surface area contributed by atoms with E-state index in [0.29, 0.717) is 17.6 Å². The van der Waals surface area contributed by atoms with Crippen molar-refractivity contribution in [1.82, 2.24) is 19.5 Å². The molecule has 0 bridgehead atoms. The second-order valence-electron chi connectivity index (χ2n) is 14.0. The topological polar surface area (TPSA) is 43.6 Å². The molecule has 0 unspecified atom stereocenters. The molecule has 0 N–H and O–H groups in total. The smallest absolute Gasteiger partial charge is 0.238 e. The Morgan fingerprint density at radius 1 is 0.420 bits per heavy atom. The van der Waals surface area contributed by atoms with Crippen molar-refractivity contribution in [2.24, 2.45) is 0 Å². The average molecular weight is 639 g/mol. The maximum absolute atomic E-state index is 5.30. The highest BCUT2D eigenvalue weighted by atomic mass is 15.2. The lowest BCUT2D eigenvalue weighted by molar-refractivity contribution is 0.663. The Morgan fingerprint density at radius 2 is 1.04 bits per heavy atom. The molecule has 4 heteroatoms. The number of aromatic nitrogens is 4. The fourth-order valence-corrected chi connectivity index (χ4v) is 8.67. The summed E-state index contributed by atoms with van der Waals surface area (Å²) in [6.07, 6.45) is 0. The minimum atomic E-state index is -0.144. The van der Waals surface area contributed by atoms with Gasteiger partial charge in [-0.1, -0.05) is 141 Å². The van der Waals surface area contributed by atoms with Crippen LogP contribution in [0.3, 0.4) is 0 Å². The lowest BCUT2D eigenvalue weighted by Gasteiger charge is -2.22. The largest absolute Gasteiger partial charge is 0.278 e. The van der Waals surface area contributed by atoms with Crippen molar-refractivity contribution in [2.45, 2.75) is 19.3 Å². The normalized spacial score (nSPS) is 13.6. The van der Waals surface area contributed by atoms with Gasteiger partial charge in [-0.2, -0.15) is 9.97 Å². The van der Waals surface area contributed by atoms with Crippen molar-refractivity contribution in [3.63, 3.8) is 0 Å². The molecule has 2 heterocycles. The van der Waals surface area contributed by atoms with Gasteiger partial charge in [0.15, 0.2) is 11.6 Å². The summed E-state index contributed by atoms with van der Waals surface area (Å²) in [5.74, 6) is 1.90. The maximum atomic E-state index is 5.30. The van der Waals surface area contributed by atoms with Gasteiger partial charge in [0.05, 0.1) is 11.0 Å². The van der Waals surface area contributed by atoms with Gasteiger partial charge in [0.1, 0.15) is 0 Å². The van der Waals surface area contributed by atoms with Gasteiger partial charge in [0.2, 0.25) is 5.95 Å². The third-order valence-electron chi connectivity index (χ3n) is 11.0. The van der Waals surface area contributed by atoms with E-state index in [9.17, 15) is 0 Å². The lowest BCUT2D eigenvalue weighted by Crippen LogP contribution is -2.15. The van der Waals surface area contributed by atoms with Crippen LogP contribution in [-0.2, 0) is 5.41 Å². The first kappa shape index (κ1) is 27.5. The Labute approximate surface area is 288 Å². The van der Waals surface area contributed by atoms with Crippen molar-refractivity contribution in [2.75, 3.05) is 0 Å². The molecular formula is C46H30N4. The molecular weight excluding hydrogens is 609 g/mol. The summed E-state index contributed by atoms with van der Waals surface area (Å²) >= 11 is 0. The van der Waals surface area contributed by atoms with Crippen LogP contribution in [0.15, 0.2) is 146 Å². The summed E-state index contributed by atoms with van der Waals surface area (Å²) in [5, 5.41) is 12.5. The van der Waals surface area contributed by atoms with E-state index in [2.05, 4.69) is 146 Å². The Morgan fingerprint density at radius 3 is 1.84 bits per heavy atom. The van der Waals surface area contributed by atoms with Crippen LogP contribution in [-0.4, -0.2) is 19.5 Å². The summed E-state index contributed by atoms with van der Waals surface area (Å²) in [4.78, 5) is 15.6. The Hall–Kier alpha value is -6.39. The van der Waals surface area contributed by atoms with Crippen molar-refractivity contribution in [3.8, 4) is 28.7 Å². The molecule has 50 heavy (non-hydrogen) atoms. The highest BCUT2D eigenvalue weighted by molar-refractivity contribution is 6.35. The Balaban J connectivity index is 1.33. The van der Waals surface area contributed by atoms with Gasteiger partial charge >= 0.3 is 0 Å². The van der Waals surface area contributed by atoms with Crippen molar-refractivity contribution >= 4 is 64.9 Å². The van der Waals surface area contributed by atoms with Gasteiger partial charge in [0, 0.05) is 27.3 Å². The predicted molar refractivity (Wildman–Crippen MR) is 207 cm³/mol. The third-order valence-corrected chi connectivity index (χ3v) is 11.0. The van der Waals surface area contributed by atoms with Crippen LogP contribution in [0.4, 0.5) is 0 Å². The number of hydrogen-bond donors (Lipinski definition) is 0. The van der Waals surface area contributed by atoms with E-state index in [1.54, 1.807) is 0 Å². The van der Waals surface area contributed by atoms with E-state index in [4.69, 9.17) is 15.0 Å². The monoisotopic (exact) mass is 638 g/mol. The van der Waals surface area contributed by atoms with Crippen LogP contribution >= 0.6 is 0 Å². The summed E-state index contributed by atoms with van der Waals surface area (Å²) < 4.78 is 2.27. The fourth-order valence-electron chi connectivity index (χ4n) is 8.67. The van der Waals surface area contributed by atoms with Crippen LogP contribution < -0.4 is 0 Å². The van der Waals surface area contributed by atoms with Gasteiger partial charge in [0.25, 0.3) is 0 Å². The van der Waals surface area contributed by atoms with Crippen LogP contribution in [0.25, 0.3) is 93.6 Å². The first-order chi connectivity index (χ1) is 24.6. The molecule has 0 atom stereocenters. The minimum Gasteiger partial charge on any atom is -0.278 e. The molecule has 0 amide bonds. The zero-order chi connectivity index (χ0) is 33.1. The molecule has 0 aliphatic heterocycles. The zero-order valence-electron chi connectivity index (χ0n) is 27.6. The van der Waals surface area contributed by atoms with E-state index >= 15 is 0 Å². The van der Waals surface area contributed by atoms with E-state index in [1.807, 2.05) is 18.2 Å². The van der Waals surface area contributed by atoms with Crippen molar-refractivity contribution in [1.29, 1.82) is 0 Å². The quantitative estimate of drug-likeness (QED) is 0.193. The maximum Gasteiger partial charge on any atom is 0.238 e. The SMILES string of the molecule is CC1(C)c2cccc3c4ccccc4c4cccc5c4c4c(c1ccc4n5-c1nc(-c4ccccc4)nc(-c4ccc5ccccc5c4)n1)c23. The second kappa shape index (κ2) is 9.83. The molecule has 8 aromatic carbocycles. The lowest BCUT2D eigenvalue weighted by atomic mass is 9.81. The molecule has 11 rings (SSSR count). The molecule has 234 valence electrons.